The number of amides is 1. The highest BCUT2D eigenvalue weighted by Gasteiger charge is 2.31. The van der Waals surface area contributed by atoms with Crippen molar-refractivity contribution in [1.29, 1.82) is 0 Å². The molecule has 2 aliphatic rings. The van der Waals surface area contributed by atoms with E-state index in [0.717, 1.165) is 57.8 Å². The number of benzene rings is 1. The summed E-state index contributed by atoms with van der Waals surface area (Å²) in [5.41, 5.74) is 0.560. The Morgan fingerprint density at radius 1 is 1.03 bits per heavy atom. The van der Waals surface area contributed by atoms with Crippen LogP contribution >= 0.6 is 0 Å². The van der Waals surface area contributed by atoms with Gasteiger partial charge in [-0.1, -0.05) is 20.3 Å². The third-order valence-corrected chi connectivity index (χ3v) is 7.49. The van der Waals surface area contributed by atoms with Crippen LogP contribution in [0.25, 0.3) is 11.2 Å². The SMILES string of the molecule is CCC[C@@H](CC)n1c(Nc2c(F)cc(F)cc2F)nc2cnc(NC3CCC(C(=O)NC4CC4)CC3)nc21. The molecular formula is C27H34F3N7O. The number of carbonyl (C=O) groups is 1. The molecule has 1 aromatic carbocycles. The third kappa shape index (κ3) is 5.71. The molecule has 2 aliphatic carbocycles. The fraction of sp³-hybridized carbons (Fsp3) is 0.556. The van der Waals surface area contributed by atoms with Crippen LogP contribution in [0.1, 0.15) is 77.7 Å². The van der Waals surface area contributed by atoms with Crippen LogP contribution in [0.2, 0.25) is 0 Å². The average Bonchev–Trinajstić information content (AvgIpc) is 3.64. The van der Waals surface area contributed by atoms with Gasteiger partial charge in [0, 0.05) is 36.2 Å². The molecule has 8 nitrogen and oxygen atoms in total. The molecule has 0 saturated heterocycles. The van der Waals surface area contributed by atoms with Crippen molar-refractivity contribution in [1.82, 2.24) is 24.8 Å². The minimum Gasteiger partial charge on any atom is -0.353 e. The second kappa shape index (κ2) is 11.2. The first-order valence-electron chi connectivity index (χ1n) is 13.6. The van der Waals surface area contributed by atoms with E-state index < -0.39 is 23.1 Å². The van der Waals surface area contributed by atoms with Crippen molar-refractivity contribution in [3.05, 3.63) is 35.8 Å². The van der Waals surface area contributed by atoms with Gasteiger partial charge in [0.25, 0.3) is 0 Å². The Bertz CT molecular complexity index is 1280. The fourth-order valence-electron chi connectivity index (χ4n) is 5.25. The predicted octanol–water partition coefficient (Wildman–Crippen LogP) is 5.99. The van der Waals surface area contributed by atoms with E-state index in [9.17, 15) is 18.0 Å². The minimum absolute atomic E-state index is 0.0257. The Kier molecular flexibility index (Phi) is 7.71. The molecule has 204 valence electrons. The third-order valence-electron chi connectivity index (χ3n) is 7.49. The van der Waals surface area contributed by atoms with E-state index in [2.05, 4.69) is 32.8 Å². The number of fused-ring (bicyclic) bond motifs is 1. The monoisotopic (exact) mass is 529 g/mol. The Morgan fingerprint density at radius 3 is 2.34 bits per heavy atom. The van der Waals surface area contributed by atoms with E-state index in [0.29, 0.717) is 35.3 Å². The van der Waals surface area contributed by atoms with E-state index in [1.54, 1.807) is 6.20 Å². The van der Waals surface area contributed by atoms with Gasteiger partial charge in [0.15, 0.2) is 17.3 Å². The van der Waals surface area contributed by atoms with Crippen molar-refractivity contribution >= 4 is 34.7 Å². The second-order valence-electron chi connectivity index (χ2n) is 10.4. The van der Waals surface area contributed by atoms with Gasteiger partial charge in [-0.15, -0.1) is 0 Å². The number of aromatic nitrogens is 4. The molecule has 0 radical (unpaired) electrons. The van der Waals surface area contributed by atoms with Gasteiger partial charge >= 0.3 is 0 Å². The van der Waals surface area contributed by atoms with Gasteiger partial charge in [0.05, 0.1) is 6.20 Å². The zero-order chi connectivity index (χ0) is 26.8. The summed E-state index contributed by atoms with van der Waals surface area (Å²) in [6.45, 7) is 4.10. The van der Waals surface area contributed by atoms with Crippen LogP contribution in [0.3, 0.4) is 0 Å². The van der Waals surface area contributed by atoms with Crippen LogP contribution in [0.4, 0.5) is 30.8 Å². The molecular weight excluding hydrogens is 495 g/mol. The summed E-state index contributed by atoms with van der Waals surface area (Å²) in [7, 11) is 0. The molecule has 3 N–H and O–H groups in total. The fourth-order valence-corrected chi connectivity index (χ4v) is 5.25. The van der Waals surface area contributed by atoms with Crippen LogP contribution in [0.5, 0.6) is 0 Å². The lowest BCUT2D eigenvalue weighted by atomic mass is 9.85. The number of nitrogens with zero attached hydrogens (tertiary/aromatic N) is 4. The van der Waals surface area contributed by atoms with Crippen molar-refractivity contribution in [2.75, 3.05) is 10.6 Å². The summed E-state index contributed by atoms with van der Waals surface area (Å²) in [5, 5.41) is 9.26. The predicted molar refractivity (Wildman–Crippen MR) is 140 cm³/mol. The van der Waals surface area contributed by atoms with Crippen molar-refractivity contribution in [2.45, 2.75) is 89.8 Å². The summed E-state index contributed by atoms with van der Waals surface area (Å²) in [6.07, 6.45) is 9.53. The van der Waals surface area contributed by atoms with Crippen molar-refractivity contribution < 1.29 is 18.0 Å². The number of halogens is 3. The highest BCUT2D eigenvalue weighted by atomic mass is 19.1. The van der Waals surface area contributed by atoms with Crippen LogP contribution in [0.15, 0.2) is 18.3 Å². The van der Waals surface area contributed by atoms with Crippen LogP contribution in [-0.2, 0) is 4.79 Å². The Labute approximate surface area is 219 Å². The molecule has 0 bridgehead atoms. The Morgan fingerprint density at radius 2 is 1.71 bits per heavy atom. The largest absolute Gasteiger partial charge is 0.353 e. The lowest BCUT2D eigenvalue weighted by molar-refractivity contribution is -0.126. The normalized spacial score (nSPS) is 20.3. The first-order chi connectivity index (χ1) is 18.4. The first kappa shape index (κ1) is 26.2. The smallest absolute Gasteiger partial charge is 0.224 e. The van der Waals surface area contributed by atoms with E-state index >= 15 is 0 Å². The number of anilines is 3. The number of nitrogens with one attached hydrogen (secondary N) is 3. The number of hydrogen-bond acceptors (Lipinski definition) is 6. The summed E-state index contributed by atoms with van der Waals surface area (Å²) in [4.78, 5) is 26.1. The summed E-state index contributed by atoms with van der Waals surface area (Å²) in [6, 6.07) is 1.76. The van der Waals surface area contributed by atoms with E-state index in [1.165, 1.54) is 0 Å². The molecule has 1 amide bonds. The second-order valence-corrected chi connectivity index (χ2v) is 10.4. The van der Waals surface area contributed by atoms with Gasteiger partial charge < -0.3 is 16.0 Å². The molecule has 0 spiro atoms. The van der Waals surface area contributed by atoms with E-state index in [1.807, 2.05) is 11.5 Å². The zero-order valence-corrected chi connectivity index (χ0v) is 21.7. The molecule has 3 aromatic rings. The lowest BCUT2D eigenvalue weighted by Crippen LogP contribution is -2.37. The number of rotatable bonds is 10. The maximum Gasteiger partial charge on any atom is 0.224 e. The van der Waals surface area contributed by atoms with Gasteiger partial charge in [-0.05, 0) is 51.4 Å². The van der Waals surface area contributed by atoms with Crippen molar-refractivity contribution in [3.8, 4) is 0 Å². The molecule has 1 atom stereocenters. The van der Waals surface area contributed by atoms with E-state index in [4.69, 9.17) is 4.98 Å². The molecule has 2 fully saturated rings. The molecule has 2 saturated carbocycles. The lowest BCUT2D eigenvalue weighted by Gasteiger charge is -2.28. The zero-order valence-electron chi connectivity index (χ0n) is 21.7. The number of carbonyl (C=O) groups excluding carboxylic acids is 1. The maximum atomic E-state index is 14.4. The van der Waals surface area contributed by atoms with Gasteiger partial charge in [0.2, 0.25) is 17.8 Å². The van der Waals surface area contributed by atoms with Gasteiger partial charge in [-0.3, -0.25) is 9.36 Å². The summed E-state index contributed by atoms with van der Waals surface area (Å²) in [5.74, 6) is -2.18. The summed E-state index contributed by atoms with van der Waals surface area (Å²) < 4.78 is 44.2. The maximum absolute atomic E-state index is 14.4. The van der Waals surface area contributed by atoms with Gasteiger partial charge in [-0.2, -0.15) is 4.98 Å². The molecule has 11 heteroatoms. The molecule has 0 unspecified atom stereocenters. The number of hydrogen-bond donors (Lipinski definition) is 3. The highest BCUT2D eigenvalue weighted by Crippen LogP contribution is 2.33. The van der Waals surface area contributed by atoms with Crippen molar-refractivity contribution in [3.63, 3.8) is 0 Å². The molecule has 2 aromatic heterocycles. The summed E-state index contributed by atoms with van der Waals surface area (Å²) >= 11 is 0. The molecule has 38 heavy (non-hydrogen) atoms. The average molecular weight is 530 g/mol. The first-order valence-corrected chi connectivity index (χ1v) is 13.6. The quantitative estimate of drug-likeness (QED) is 0.299. The topological polar surface area (TPSA) is 96.8 Å². The molecule has 2 heterocycles. The van der Waals surface area contributed by atoms with Gasteiger partial charge in [0.1, 0.15) is 17.0 Å². The number of imidazole rings is 1. The highest BCUT2D eigenvalue weighted by molar-refractivity contribution is 5.79. The minimum atomic E-state index is -1.04. The van der Waals surface area contributed by atoms with Crippen molar-refractivity contribution in [2.24, 2.45) is 5.92 Å². The standard InChI is InChI=1S/C27H34F3N7O/c1-3-5-19(4-2)37-24-22(34-27(37)35-23-20(29)12-16(28)13-21(23)30)14-31-26(36-24)33-18-8-6-15(7-9-18)25(38)32-17-10-11-17/h12-15,17-19H,3-11H2,1-2H3,(H,32,38)(H,34,35)(H,31,33,36)/t15?,18?,19-/m1/s1. The van der Waals surface area contributed by atoms with Gasteiger partial charge in [-0.25, -0.2) is 23.1 Å². The molecule has 0 aliphatic heterocycles. The van der Waals surface area contributed by atoms with Crippen LogP contribution < -0.4 is 16.0 Å². The Hall–Kier alpha value is -3.37. The van der Waals surface area contributed by atoms with E-state index in [-0.39, 0.29) is 29.9 Å². The Balaban J connectivity index is 1.38. The van der Waals surface area contributed by atoms with Crippen LogP contribution in [0, 0.1) is 23.4 Å². The molecule has 5 rings (SSSR count). The van der Waals surface area contributed by atoms with Crippen LogP contribution in [-0.4, -0.2) is 37.5 Å².